The van der Waals surface area contributed by atoms with Gasteiger partial charge in [-0.1, -0.05) is 48.0 Å². The molecule has 26 heavy (non-hydrogen) atoms. The van der Waals surface area contributed by atoms with Gasteiger partial charge in [-0.3, -0.25) is 0 Å². The van der Waals surface area contributed by atoms with Gasteiger partial charge in [-0.2, -0.15) is 0 Å². The fourth-order valence-electron chi connectivity index (χ4n) is 3.14. The highest BCUT2D eigenvalue weighted by Crippen LogP contribution is 2.45. The maximum Gasteiger partial charge on any atom is 0.264 e. The van der Waals surface area contributed by atoms with Crippen LogP contribution in [-0.2, 0) is 6.54 Å². The summed E-state index contributed by atoms with van der Waals surface area (Å²) in [6, 6.07) is 23.6. The Kier molecular flexibility index (Phi) is 3.50. The monoisotopic (exact) mass is 359 g/mol. The second-order valence-electron chi connectivity index (χ2n) is 6.12. The van der Waals surface area contributed by atoms with E-state index in [0.29, 0.717) is 12.4 Å². The van der Waals surface area contributed by atoms with Crippen LogP contribution >= 0.6 is 11.6 Å². The fourth-order valence-corrected chi connectivity index (χ4v) is 3.26. The van der Waals surface area contributed by atoms with Gasteiger partial charge in [0.1, 0.15) is 0 Å². The van der Waals surface area contributed by atoms with E-state index in [4.69, 9.17) is 21.3 Å². The summed E-state index contributed by atoms with van der Waals surface area (Å²) in [5.41, 5.74) is 3.76. The number of para-hydroxylation sites is 4. The summed E-state index contributed by atoms with van der Waals surface area (Å²) in [5.74, 6) is 2.02. The number of benzene rings is 3. The van der Waals surface area contributed by atoms with E-state index in [9.17, 15) is 0 Å². The molecule has 0 radical (unpaired) electrons. The average Bonchev–Trinajstić information content (AvgIpc) is 2.68. The average molecular weight is 360 g/mol. The summed E-state index contributed by atoms with van der Waals surface area (Å²) in [6.07, 6.45) is 0. The first kappa shape index (κ1) is 15.2. The van der Waals surface area contributed by atoms with Gasteiger partial charge in [-0.05, 0) is 42.0 Å². The molecule has 0 saturated heterocycles. The Morgan fingerprint density at radius 1 is 0.808 bits per heavy atom. The smallest absolute Gasteiger partial charge is 0.264 e. The SMILES string of the molecule is Clc1ccc(CN2c3ccccc3Oc3nc4ccccc4nc32)cc1. The van der Waals surface area contributed by atoms with Gasteiger partial charge in [0.05, 0.1) is 16.7 Å². The number of anilines is 2. The number of halogens is 1. The number of rotatable bonds is 2. The van der Waals surface area contributed by atoms with E-state index in [-0.39, 0.29) is 0 Å². The molecular weight excluding hydrogens is 346 g/mol. The van der Waals surface area contributed by atoms with E-state index in [2.05, 4.69) is 9.88 Å². The lowest BCUT2D eigenvalue weighted by molar-refractivity contribution is 0.452. The summed E-state index contributed by atoms with van der Waals surface area (Å²) in [6.45, 7) is 0.650. The minimum Gasteiger partial charge on any atom is -0.434 e. The van der Waals surface area contributed by atoms with Crippen LogP contribution in [0.1, 0.15) is 5.56 Å². The summed E-state index contributed by atoms with van der Waals surface area (Å²) in [4.78, 5) is 11.6. The summed E-state index contributed by atoms with van der Waals surface area (Å²) in [7, 11) is 0. The second-order valence-corrected chi connectivity index (χ2v) is 6.56. The Morgan fingerprint density at radius 3 is 2.31 bits per heavy atom. The van der Waals surface area contributed by atoms with E-state index in [1.165, 1.54) is 0 Å². The Hall–Kier alpha value is -3.11. The molecule has 0 amide bonds. The lowest BCUT2D eigenvalue weighted by Gasteiger charge is -2.31. The van der Waals surface area contributed by atoms with Crippen LogP contribution in [0.4, 0.5) is 11.5 Å². The molecular formula is C21H14ClN3O. The number of hydrogen-bond acceptors (Lipinski definition) is 4. The van der Waals surface area contributed by atoms with Gasteiger partial charge < -0.3 is 9.64 Å². The highest BCUT2D eigenvalue weighted by atomic mass is 35.5. The molecule has 0 bridgehead atoms. The van der Waals surface area contributed by atoms with Crippen LogP contribution in [0.25, 0.3) is 11.0 Å². The topological polar surface area (TPSA) is 38.2 Å². The zero-order chi connectivity index (χ0) is 17.5. The van der Waals surface area contributed by atoms with E-state index in [0.717, 1.165) is 38.9 Å². The molecule has 1 aliphatic heterocycles. The Morgan fingerprint density at radius 2 is 1.50 bits per heavy atom. The van der Waals surface area contributed by atoms with Crippen molar-refractivity contribution in [3.63, 3.8) is 0 Å². The predicted molar refractivity (Wildman–Crippen MR) is 103 cm³/mol. The first-order valence-corrected chi connectivity index (χ1v) is 8.71. The molecule has 0 atom stereocenters. The highest BCUT2D eigenvalue weighted by molar-refractivity contribution is 6.30. The first-order valence-electron chi connectivity index (χ1n) is 8.33. The summed E-state index contributed by atoms with van der Waals surface area (Å²) >= 11 is 6.03. The zero-order valence-electron chi connectivity index (χ0n) is 13.8. The summed E-state index contributed by atoms with van der Waals surface area (Å²) in [5, 5.41) is 0.724. The van der Waals surface area contributed by atoms with Crippen molar-refractivity contribution in [2.24, 2.45) is 0 Å². The number of fused-ring (bicyclic) bond motifs is 3. The van der Waals surface area contributed by atoms with Gasteiger partial charge in [0.2, 0.25) is 0 Å². The zero-order valence-corrected chi connectivity index (χ0v) is 14.5. The van der Waals surface area contributed by atoms with Crippen molar-refractivity contribution in [1.82, 2.24) is 9.97 Å². The Balaban J connectivity index is 1.67. The molecule has 4 nitrogen and oxygen atoms in total. The lowest BCUT2D eigenvalue weighted by Crippen LogP contribution is -2.22. The standard InChI is InChI=1S/C21H14ClN3O/c22-15-11-9-14(10-12-15)13-25-18-7-3-4-8-19(18)26-21-20(25)23-16-5-1-2-6-17(16)24-21/h1-12H,13H2. The van der Waals surface area contributed by atoms with Gasteiger partial charge in [-0.15, -0.1) is 0 Å². The Labute approximate surface area is 155 Å². The molecule has 1 aliphatic rings. The third-order valence-corrected chi connectivity index (χ3v) is 4.65. The van der Waals surface area contributed by atoms with Crippen molar-refractivity contribution in [2.45, 2.75) is 6.54 Å². The second kappa shape index (κ2) is 6.00. The van der Waals surface area contributed by atoms with Crippen LogP contribution in [0.2, 0.25) is 5.02 Å². The number of aromatic nitrogens is 2. The first-order chi connectivity index (χ1) is 12.8. The van der Waals surface area contributed by atoms with Gasteiger partial charge in [-0.25, -0.2) is 9.97 Å². The van der Waals surface area contributed by atoms with Crippen LogP contribution in [0.3, 0.4) is 0 Å². The molecule has 1 aromatic heterocycles. The molecule has 0 unspecified atom stereocenters. The van der Waals surface area contributed by atoms with Crippen molar-refractivity contribution < 1.29 is 4.74 Å². The molecule has 4 aromatic rings. The molecule has 0 fully saturated rings. The largest absolute Gasteiger partial charge is 0.434 e. The van der Waals surface area contributed by atoms with Gasteiger partial charge in [0.25, 0.3) is 5.88 Å². The normalized spacial score (nSPS) is 12.4. The minimum absolute atomic E-state index is 0.524. The quantitative estimate of drug-likeness (QED) is 0.458. The minimum atomic E-state index is 0.524. The molecule has 5 heteroatoms. The van der Waals surface area contributed by atoms with Crippen LogP contribution < -0.4 is 9.64 Å². The van der Waals surface area contributed by atoms with Crippen molar-refractivity contribution in [1.29, 1.82) is 0 Å². The maximum absolute atomic E-state index is 6.04. The van der Waals surface area contributed by atoms with E-state index >= 15 is 0 Å². The van der Waals surface area contributed by atoms with E-state index < -0.39 is 0 Å². The molecule has 0 saturated carbocycles. The molecule has 3 aromatic carbocycles. The predicted octanol–water partition coefficient (Wildman–Crippen LogP) is 5.73. The summed E-state index contributed by atoms with van der Waals surface area (Å²) < 4.78 is 6.04. The van der Waals surface area contributed by atoms with Crippen LogP contribution in [-0.4, -0.2) is 9.97 Å². The van der Waals surface area contributed by atoms with Crippen molar-refractivity contribution >= 4 is 34.1 Å². The third-order valence-electron chi connectivity index (χ3n) is 4.39. The molecule has 0 N–H and O–H groups in total. The van der Waals surface area contributed by atoms with Gasteiger partial charge in [0, 0.05) is 11.6 Å². The number of hydrogen-bond donors (Lipinski definition) is 0. The maximum atomic E-state index is 6.04. The van der Waals surface area contributed by atoms with Crippen molar-refractivity contribution in [3.8, 4) is 11.6 Å². The molecule has 0 spiro atoms. The van der Waals surface area contributed by atoms with Crippen molar-refractivity contribution in [3.05, 3.63) is 83.4 Å². The third kappa shape index (κ3) is 2.55. The van der Waals surface area contributed by atoms with Crippen LogP contribution in [0.5, 0.6) is 11.6 Å². The Bertz CT molecular complexity index is 1110. The molecule has 126 valence electrons. The highest BCUT2D eigenvalue weighted by Gasteiger charge is 2.27. The number of ether oxygens (including phenoxy) is 1. The van der Waals surface area contributed by atoms with Crippen LogP contribution in [0, 0.1) is 0 Å². The van der Waals surface area contributed by atoms with Crippen molar-refractivity contribution in [2.75, 3.05) is 4.90 Å². The lowest BCUT2D eigenvalue weighted by atomic mass is 10.1. The van der Waals surface area contributed by atoms with Gasteiger partial charge >= 0.3 is 0 Å². The number of nitrogens with zero attached hydrogens (tertiary/aromatic N) is 3. The van der Waals surface area contributed by atoms with Gasteiger partial charge in [0.15, 0.2) is 11.6 Å². The molecule has 0 aliphatic carbocycles. The van der Waals surface area contributed by atoms with E-state index in [1.54, 1.807) is 0 Å². The molecule has 2 heterocycles. The van der Waals surface area contributed by atoms with Crippen LogP contribution in [0.15, 0.2) is 72.8 Å². The molecule has 5 rings (SSSR count). The fraction of sp³-hybridized carbons (Fsp3) is 0.0476. The van der Waals surface area contributed by atoms with E-state index in [1.807, 2.05) is 72.8 Å².